The SMILES string of the molecule is NCC1CCCN1C(=O)C1CCC(=O)NC1. The van der Waals surface area contributed by atoms with Crippen molar-refractivity contribution in [2.24, 2.45) is 11.7 Å². The van der Waals surface area contributed by atoms with Crippen LogP contribution in [-0.2, 0) is 9.59 Å². The molecule has 90 valence electrons. The molecule has 0 saturated carbocycles. The number of hydrogen-bond acceptors (Lipinski definition) is 3. The summed E-state index contributed by atoms with van der Waals surface area (Å²) in [7, 11) is 0. The smallest absolute Gasteiger partial charge is 0.227 e. The second kappa shape index (κ2) is 4.82. The van der Waals surface area contributed by atoms with Gasteiger partial charge in [0.25, 0.3) is 0 Å². The highest BCUT2D eigenvalue weighted by Crippen LogP contribution is 2.22. The Balaban J connectivity index is 1.94. The second-order valence-electron chi connectivity index (χ2n) is 4.60. The molecule has 0 aromatic rings. The fourth-order valence-electron chi connectivity index (χ4n) is 2.55. The Morgan fingerprint density at radius 3 is 2.94 bits per heavy atom. The van der Waals surface area contributed by atoms with E-state index in [9.17, 15) is 9.59 Å². The van der Waals surface area contributed by atoms with Crippen molar-refractivity contribution in [2.45, 2.75) is 31.7 Å². The summed E-state index contributed by atoms with van der Waals surface area (Å²) < 4.78 is 0. The Labute approximate surface area is 95.3 Å². The van der Waals surface area contributed by atoms with E-state index in [0.717, 1.165) is 19.4 Å². The molecule has 0 radical (unpaired) electrons. The quantitative estimate of drug-likeness (QED) is 0.663. The van der Waals surface area contributed by atoms with E-state index in [1.165, 1.54) is 0 Å². The highest BCUT2D eigenvalue weighted by atomic mass is 16.2. The van der Waals surface area contributed by atoms with Crippen molar-refractivity contribution in [3.63, 3.8) is 0 Å². The van der Waals surface area contributed by atoms with E-state index in [1.54, 1.807) is 0 Å². The maximum atomic E-state index is 12.2. The van der Waals surface area contributed by atoms with Gasteiger partial charge in [0, 0.05) is 32.1 Å². The molecule has 5 heteroatoms. The van der Waals surface area contributed by atoms with Crippen molar-refractivity contribution < 1.29 is 9.59 Å². The molecular formula is C11H19N3O2. The summed E-state index contributed by atoms with van der Waals surface area (Å²) in [5.41, 5.74) is 5.65. The predicted molar refractivity (Wildman–Crippen MR) is 59.5 cm³/mol. The van der Waals surface area contributed by atoms with Crippen LogP contribution in [0.2, 0.25) is 0 Å². The van der Waals surface area contributed by atoms with Gasteiger partial charge in [-0.05, 0) is 19.3 Å². The summed E-state index contributed by atoms with van der Waals surface area (Å²) in [4.78, 5) is 25.1. The van der Waals surface area contributed by atoms with Crippen molar-refractivity contribution in [1.29, 1.82) is 0 Å². The Kier molecular flexibility index (Phi) is 3.43. The Morgan fingerprint density at radius 1 is 1.50 bits per heavy atom. The predicted octanol–water partition coefficient (Wildman–Crippen LogP) is -0.538. The summed E-state index contributed by atoms with van der Waals surface area (Å²) in [6.45, 7) is 1.86. The van der Waals surface area contributed by atoms with Crippen LogP contribution in [-0.4, -0.2) is 42.4 Å². The summed E-state index contributed by atoms with van der Waals surface area (Å²) in [5, 5.41) is 2.75. The molecule has 2 unspecified atom stereocenters. The number of nitrogens with one attached hydrogen (secondary N) is 1. The first-order valence-electron chi connectivity index (χ1n) is 5.99. The molecule has 5 nitrogen and oxygen atoms in total. The van der Waals surface area contributed by atoms with Crippen molar-refractivity contribution in [1.82, 2.24) is 10.2 Å². The van der Waals surface area contributed by atoms with Gasteiger partial charge in [-0.15, -0.1) is 0 Å². The van der Waals surface area contributed by atoms with Crippen LogP contribution in [0.4, 0.5) is 0 Å². The van der Waals surface area contributed by atoms with Crippen LogP contribution >= 0.6 is 0 Å². The van der Waals surface area contributed by atoms with Crippen LogP contribution < -0.4 is 11.1 Å². The molecule has 2 saturated heterocycles. The van der Waals surface area contributed by atoms with Gasteiger partial charge in [0.15, 0.2) is 0 Å². The molecule has 2 fully saturated rings. The molecule has 3 N–H and O–H groups in total. The molecule has 2 aliphatic heterocycles. The van der Waals surface area contributed by atoms with Crippen molar-refractivity contribution in [2.75, 3.05) is 19.6 Å². The average molecular weight is 225 g/mol. The van der Waals surface area contributed by atoms with Crippen LogP contribution in [0.3, 0.4) is 0 Å². The third-order valence-corrected chi connectivity index (χ3v) is 3.55. The molecule has 2 amide bonds. The molecule has 2 heterocycles. The Morgan fingerprint density at radius 2 is 2.31 bits per heavy atom. The fourth-order valence-corrected chi connectivity index (χ4v) is 2.55. The number of carbonyl (C=O) groups excluding carboxylic acids is 2. The van der Waals surface area contributed by atoms with Crippen LogP contribution in [0.25, 0.3) is 0 Å². The fraction of sp³-hybridized carbons (Fsp3) is 0.818. The zero-order chi connectivity index (χ0) is 11.5. The molecule has 2 rings (SSSR count). The van der Waals surface area contributed by atoms with Gasteiger partial charge < -0.3 is 16.0 Å². The van der Waals surface area contributed by atoms with E-state index in [-0.39, 0.29) is 23.8 Å². The molecule has 16 heavy (non-hydrogen) atoms. The van der Waals surface area contributed by atoms with Gasteiger partial charge in [0.1, 0.15) is 0 Å². The molecule has 2 atom stereocenters. The first kappa shape index (κ1) is 11.4. The highest BCUT2D eigenvalue weighted by molar-refractivity contribution is 5.84. The van der Waals surface area contributed by atoms with Gasteiger partial charge in [-0.1, -0.05) is 0 Å². The normalized spacial score (nSPS) is 30.3. The Hall–Kier alpha value is -1.10. The number of nitrogens with two attached hydrogens (primary N) is 1. The number of carbonyl (C=O) groups is 2. The number of piperidine rings is 1. The molecule has 0 bridgehead atoms. The van der Waals surface area contributed by atoms with Crippen molar-refractivity contribution in [3.05, 3.63) is 0 Å². The number of amides is 2. The van der Waals surface area contributed by atoms with Gasteiger partial charge in [-0.25, -0.2) is 0 Å². The van der Waals surface area contributed by atoms with Gasteiger partial charge in [-0.3, -0.25) is 9.59 Å². The number of hydrogen-bond donors (Lipinski definition) is 2. The number of likely N-dealkylation sites (tertiary alicyclic amines) is 1. The maximum Gasteiger partial charge on any atom is 0.227 e. The van der Waals surface area contributed by atoms with Crippen LogP contribution in [0.15, 0.2) is 0 Å². The van der Waals surface area contributed by atoms with Crippen molar-refractivity contribution in [3.8, 4) is 0 Å². The molecule has 0 spiro atoms. The third kappa shape index (κ3) is 2.19. The lowest BCUT2D eigenvalue weighted by molar-refractivity contribution is -0.138. The van der Waals surface area contributed by atoms with E-state index in [0.29, 0.717) is 25.9 Å². The van der Waals surface area contributed by atoms with E-state index in [1.807, 2.05) is 4.90 Å². The zero-order valence-corrected chi connectivity index (χ0v) is 9.45. The lowest BCUT2D eigenvalue weighted by atomic mass is 9.97. The molecule has 0 aromatic carbocycles. The molecular weight excluding hydrogens is 206 g/mol. The first-order valence-corrected chi connectivity index (χ1v) is 5.99. The third-order valence-electron chi connectivity index (χ3n) is 3.55. The lowest BCUT2D eigenvalue weighted by Gasteiger charge is -2.30. The minimum absolute atomic E-state index is 0.0372. The standard InChI is InChI=1S/C11H19N3O2/c12-6-9-2-1-5-14(9)11(16)8-3-4-10(15)13-7-8/h8-9H,1-7,12H2,(H,13,15). The molecule has 0 aliphatic carbocycles. The van der Waals surface area contributed by atoms with Gasteiger partial charge in [0.05, 0.1) is 5.92 Å². The average Bonchev–Trinajstić information content (AvgIpc) is 2.77. The van der Waals surface area contributed by atoms with Crippen molar-refractivity contribution >= 4 is 11.8 Å². The van der Waals surface area contributed by atoms with E-state index in [2.05, 4.69) is 5.32 Å². The molecule has 2 aliphatic rings. The first-order chi connectivity index (χ1) is 7.72. The van der Waals surface area contributed by atoms with E-state index < -0.39 is 0 Å². The summed E-state index contributed by atoms with van der Waals surface area (Å²) in [5.74, 6) is 0.193. The Bertz CT molecular complexity index is 283. The lowest BCUT2D eigenvalue weighted by Crippen LogP contribution is -2.48. The minimum Gasteiger partial charge on any atom is -0.355 e. The van der Waals surface area contributed by atoms with E-state index in [4.69, 9.17) is 5.73 Å². The van der Waals surface area contributed by atoms with Crippen LogP contribution in [0.5, 0.6) is 0 Å². The zero-order valence-electron chi connectivity index (χ0n) is 9.45. The second-order valence-corrected chi connectivity index (χ2v) is 4.60. The molecule has 0 aromatic heterocycles. The number of rotatable bonds is 2. The topological polar surface area (TPSA) is 75.4 Å². The van der Waals surface area contributed by atoms with Gasteiger partial charge in [0.2, 0.25) is 11.8 Å². The summed E-state index contributed by atoms with van der Waals surface area (Å²) in [6.07, 6.45) is 3.21. The summed E-state index contributed by atoms with van der Waals surface area (Å²) >= 11 is 0. The van der Waals surface area contributed by atoms with Crippen LogP contribution in [0, 0.1) is 5.92 Å². The minimum atomic E-state index is -0.0372. The number of nitrogens with zero attached hydrogens (tertiary/aromatic N) is 1. The maximum absolute atomic E-state index is 12.2. The van der Waals surface area contributed by atoms with Gasteiger partial charge in [-0.2, -0.15) is 0 Å². The van der Waals surface area contributed by atoms with Gasteiger partial charge >= 0.3 is 0 Å². The highest BCUT2D eigenvalue weighted by Gasteiger charge is 2.33. The monoisotopic (exact) mass is 225 g/mol. The largest absolute Gasteiger partial charge is 0.355 e. The van der Waals surface area contributed by atoms with E-state index >= 15 is 0 Å². The summed E-state index contributed by atoms with van der Waals surface area (Å²) in [6, 6.07) is 0.213. The van der Waals surface area contributed by atoms with Crippen LogP contribution in [0.1, 0.15) is 25.7 Å².